The van der Waals surface area contributed by atoms with Gasteiger partial charge in [0, 0.05) is 18.6 Å². The molecular weight excluding hydrogens is 236 g/mol. The second-order valence-electron chi connectivity index (χ2n) is 5.34. The van der Waals surface area contributed by atoms with Gasteiger partial charge in [0.25, 0.3) is 0 Å². The molecule has 1 N–H and O–H groups in total. The van der Waals surface area contributed by atoms with Crippen LogP contribution in [0.2, 0.25) is 0 Å². The molecule has 1 heterocycles. The molecule has 1 fully saturated rings. The van der Waals surface area contributed by atoms with E-state index in [1.165, 1.54) is 24.9 Å². The van der Waals surface area contributed by atoms with Crippen LogP contribution in [0.4, 0.5) is 0 Å². The molecule has 0 aliphatic carbocycles. The van der Waals surface area contributed by atoms with Gasteiger partial charge in [-0.3, -0.25) is 4.90 Å². The van der Waals surface area contributed by atoms with E-state index in [1.807, 2.05) is 0 Å². The lowest BCUT2D eigenvalue weighted by Crippen LogP contribution is -2.46. The van der Waals surface area contributed by atoms with Crippen molar-refractivity contribution in [1.82, 2.24) is 10.2 Å². The van der Waals surface area contributed by atoms with Gasteiger partial charge < -0.3 is 10.1 Å². The Bertz CT molecular complexity index is 375. The Morgan fingerprint density at radius 1 is 1.37 bits per heavy atom. The van der Waals surface area contributed by atoms with Crippen molar-refractivity contribution in [3.05, 3.63) is 29.8 Å². The molecule has 19 heavy (non-hydrogen) atoms. The number of likely N-dealkylation sites (tertiary alicyclic amines) is 1. The maximum absolute atomic E-state index is 5.22. The first kappa shape index (κ1) is 14.4. The lowest BCUT2D eigenvalue weighted by atomic mass is 10.0. The van der Waals surface area contributed by atoms with Crippen molar-refractivity contribution in [2.45, 2.75) is 38.8 Å². The van der Waals surface area contributed by atoms with Gasteiger partial charge in [0.2, 0.25) is 0 Å². The third-order valence-electron chi connectivity index (χ3n) is 4.09. The molecule has 0 aromatic heterocycles. The van der Waals surface area contributed by atoms with E-state index < -0.39 is 0 Å². The van der Waals surface area contributed by atoms with E-state index in [0.29, 0.717) is 12.1 Å². The number of rotatable bonds is 5. The molecule has 2 atom stereocenters. The molecule has 0 radical (unpaired) electrons. The van der Waals surface area contributed by atoms with Crippen molar-refractivity contribution in [3.8, 4) is 5.75 Å². The van der Waals surface area contributed by atoms with E-state index in [9.17, 15) is 0 Å². The van der Waals surface area contributed by atoms with Crippen molar-refractivity contribution in [1.29, 1.82) is 0 Å². The molecule has 1 aromatic rings. The van der Waals surface area contributed by atoms with E-state index in [2.05, 4.69) is 48.3 Å². The highest BCUT2D eigenvalue weighted by molar-refractivity contribution is 5.28. The fourth-order valence-electron chi connectivity index (χ4n) is 2.91. The minimum absolute atomic E-state index is 0.479. The molecule has 1 saturated heterocycles. The zero-order valence-corrected chi connectivity index (χ0v) is 12.4. The number of hydrogen-bond donors (Lipinski definition) is 1. The molecule has 1 aliphatic rings. The zero-order valence-electron chi connectivity index (χ0n) is 12.4. The van der Waals surface area contributed by atoms with Gasteiger partial charge >= 0.3 is 0 Å². The number of piperidine rings is 1. The minimum Gasteiger partial charge on any atom is -0.497 e. The maximum atomic E-state index is 5.22. The molecule has 3 heteroatoms. The van der Waals surface area contributed by atoms with Gasteiger partial charge in [-0.15, -0.1) is 0 Å². The topological polar surface area (TPSA) is 24.5 Å². The highest BCUT2D eigenvalue weighted by atomic mass is 16.5. The van der Waals surface area contributed by atoms with E-state index >= 15 is 0 Å². The summed E-state index contributed by atoms with van der Waals surface area (Å²) in [5.41, 5.74) is 1.37. The summed E-state index contributed by atoms with van der Waals surface area (Å²) in [6, 6.07) is 9.60. The summed E-state index contributed by atoms with van der Waals surface area (Å²) >= 11 is 0. The van der Waals surface area contributed by atoms with Crippen LogP contribution in [0.1, 0.15) is 38.3 Å². The Balaban J connectivity index is 1.99. The van der Waals surface area contributed by atoms with Crippen LogP contribution in [0.25, 0.3) is 0 Å². The highest BCUT2D eigenvalue weighted by Gasteiger charge is 2.23. The summed E-state index contributed by atoms with van der Waals surface area (Å²) < 4.78 is 5.22. The van der Waals surface area contributed by atoms with Crippen molar-refractivity contribution < 1.29 is 4.74 Å². The van der Waals surface area contributed by atoms with E-state index in [-0.39, 0.29) is 0 Å². The molecule has 0 amide bonds. The van der Waals surface area contributed by atoms with Crippen LogP contribution in [0, 0.1) is 0 Å². The molecule has 106 valence electrons. The van der Waals surface area contributed by atoms with Crippen LogP contribution < -0.4 is 10.1 Å². The van der Waals surface area contributed by atoms with Gasteiger partial charge in [0.15, 0.2) is 0 Å². The van der Waals surface area contributed by atoms with Crippen LogP contribution >= 0.6 is 0 Å². The molecule has 0 saturated carbocycles. The SMILES string of the molecule is CCNC1CCCN(C(C)c2ccc(OC)cc2)C1. The largest absolute Gasteiger partial charge is 0.497 e. The average Bonchev–Trinajstić information content (AvgIpc) is 2.47. The second-order valence-corrected chi connectivity index (χ2v) is 5.34. The summed E-state index contributed by atoms with van der Waals surface area (Å²) in [6.45, 7) is 7.91. The number of hydrogen-bond acceptors (Lipinski definition) is 3. The van der Waals surface area contributed by atoms with Gasteiger partial charge in [0.1, 0.15) is 5.75 Å². The van der Waals surface area contributed by atoms with Crippen LogP contribution in [-0.4, -0.2) is 37.7 Å². The monoisotopic (exact) mass is 262 g/mol. The Kier molecular flexibility index (Phi) is 5.23. The third kappa shape index (κ3) is 3.71. The number of benzene rings is 1. The molecule has 3 nitrogen and oxygen atoms in total. The summed E-state index contributed by atoms with van der Waals surface area (Å²) in [6.07, 6.45) is 2.60. The van der Waals surface area contributed by atoms with E-state index in [1.54, 1.807) is 7.11 Å². The van der Waals surface area contributed by atoms with Crippen LogP contribution in [0.5, 0.6) is 5.75 Å². The van der Waals surface area contributed by atoms with E-state index in [0.717, 1.165) is 18.8 Å². The lowest BCUT2D eigenvalue weighted by molar-refractivity contribution is 0.147. The second kappa shape index (κ2) is 6.92. The maximum Gasteiger partial charge on any atom is 0.118 e. The molecule has 2 unspecified atom stereocenters. The van der Waals surface area contributed by atoms with Crippen LogP contribution in [-0.2, 0) is 0 Å². The number of methoxy groups -OCH3 is 1. The highest BCUT2D eigenvalue weighted by Crippen LogP contribution is 2.25. The molecule has 0 spiro atoms. The fourth-order valence-corrected chi connectivity index (χ4v) is 2.91. The normalized spacial score (nSPS) is 22.2. The first-order chi connectivity index (χ1) is 9.24. The van der Waals surface area contributed by atoms with Crippen molar-refractivity contribution >= 4 is 0 Å². The Labute approximate surface area is 116 Å². The molecule has 0 bridgehead atoms. The summed E-state index contributed by atoms with van der Waals surface area (Å²) in [5, 5.41) is 3.58. The first-order valence-electron chi connectivity index (χ1n) is 7.36. The lowest BCUT2D eigenvalue weighted by Gasteiger charge is -2.37. The third-order valence-corrected chi connectivity index (χ3v) is 4.09. The summed E-state index contributed by atoms with van der Waals surface area (Å²) in [5.74, 6) is 0.931. The van der Waals surface area contributed by atoms with Gasteiger partial charge in [-0.2, -0.15) is 0 Å². The Hall–Kier alpha value is -1.06. The van der Waals surface area contributed by atoms with Crippen molar-refractivity contribution in [3.63, 3.8) is 0 Å². The predicted octanol–water partition coefficient (Wildman–Crippen LogP) is 2.83. The van der Waals surface area contributed by atoms with Gasteiger partial charge in [-0.25, -0.2) is 0 Å². The van der Waals surface area contributed by atoms with Crippen molar-refractivity contribution in [2.24, 2.45) is 0 Å². The minimum atomic E-state index is 0.479. The van der Waals surface area contributed by atoms with Gasteiger partial charge in [-0.1, -0.05) is 19.1 Å². The van der Waals surface area contributed by atoms with Crippen LogP contribution in [0.15, 0.2) is 24.3 Å². The predicted molar refractivity (Wildman–Crippen MR) is 79.7 cm³/mol. The standard InChI is InChI=1S/C16H26N2O/c1-4-17-15-6-5-11-18(12-15)13(2)14-7-9-16(19-3)10-8-14/h7-10,13,15,17H,4-6,11-12H2,1-3H3. The number of likely N-dealkylation sites (N-methyl/N-ethyl adjacent to an activating group) is 1. The summed E-state index contributed by atoms with van der Waals surface area (Å²) in [4.78, 5) is 2.58. The molecule has 1 aromatic carbocycles. The Morgan fingerprint density at radius 2 is 2.11 bits per heavy atom. The molecule has 1 aliphatic heterocycles. The van der Waals surface area contributed by atoms with Gasteiger partial charge in [-0.05, 0) is 50.6 Å². The number of ether oxygens (including phenoxy) is 1. The first-order valence-corrected chi connectivity index (χ1v) is 7.36. The average molecular weight is 262 g/mol. The fraction of sp³-hybridized carbons (Fsp3) is 0.625. The quantitative estimate of drug-likeness (QED) is 0.883. The smallest absolute Gasteiger partial charge is 0.118 e. The number of nitrogens with one attached hydrogen (secondary N) is 1. The van der Waals surface area contributed by atoms with Crippen LogP contribution in [0.3, 0.4) is 0 Å². The van der Waals surface area contributed by atoms with Crippen molar-refractivity contribution in [2.75, 3.05) is 26.7 Å². The zero-order chi connectivity index (χ0) is 13.7. The number of nitrogens with zero attached hydrogens (tertiary/aromatic N) is 1. The molecular formula is C16H26N2O. The van der Waals surface area contributed by atoms with Gasteiger partial charge in [0.05, 0.1) is 7.11 Å². The molecule has 2 rings (SSSR count). The Morgan fingerprint density at radius 3 is 2.74 bits per heavy atom. The van der Waals surface area contributed by atoms with E-state index in [4.69, 9.17) is 4.74 Å². The summed E-state index contributed by atoms with van der Waals surface area (Å²) in [7, 11) is 1.71.